The Morgan fingerprint density at radius 1 is 1.29 bits per heavy atom. The number of hydrogen-bond acceptors (Lipinski definition) is 3. The summed E-state index contributed by atoms with van der Waals surface area (Å²) in [5.74, 6) is 0.787. The van der Waals surface area contributed by atoms with Crippen LogP contribution in [0.5, 0.6) is 0 Å². The third-order valence-electron chi connectivity index (χ3n) is 3.92. The lowest BCUT2D eigenvalue weighted by molar-refractivity contribution is 0.0792. The first kappa shape index (κ1) is 14.9. The molecule has 0 aromatic carbocycles. The lowest BCUT2D eigenvalue weighted by Crippen LogP contribution is -2.43. The van der Waals surface area contributed by atoms with Gasteiger partial charge in [-0.05, 0) is 58.7 Å². The van der Waals surface area contributed by atoms with Crippen molar-refractivity contribution in [2.45, 2.75) is 52.1 Å². The normalized spacial score (nSPS) is 22.6. The molecule has 0 aliphatic carbocycles. The van der Waals surface area contributed by atoms with E-state index in [0.29, 0.717) is 12.1 Å². The summed E-state index contributed by atoms with van der Waals surface area (Å²) >= 11 is 0. The summed E-state index contributed by atoms with van der Waals surface area (Å²) in [5, 5.41) is 3.50. The fourth-order valence-corrected chi connectivity index (χ4v) is 2.89. The summed E-state index contributed by atoms with van der Waals surface area (Å²) in [6.07, 6.45) is 3.85. The van der Waals surface area contributed by atoms with E-state index >= 15 is 0 Å². The van der Waals surface area contributed by atoms with Crippen LogP contribution in [0.1, 0.15) is 40.0 Å². The Morgan fingerprint density at radius 3 is 2.47 bits per heavy atom. The van der Waals surface area contributed by atoms with Gasteiger partial charge in [-0.15, -0.1) is 0 Å². The van der Waals surface area contributed by atoms with E-state index in [1.807, 2.05) is 7.11 Å². The summed E-state index contributed by atoms with van der Waals surface area (Å²) in [4.78, 5) is 2.64. The molecule has 1 heterocycles. The molecule has 1 N–H and O–H groups in total. The van der Waals surface area contributed by atoms with Crippen LogP contribution >= 0.6 is 0 Å². The van der Waals surface area contributed by atoms with Crippen LogP contribution in [0.25, 0.3) is 0 Å². The van der Waals surface area contributed by atoms with E-state index in [0.717, 1.165) is 19.1 Å². The number of piperidine rings is 1. The van der Waals surface area contributed by atoms with Gasteiger partial charge < -0.3 is 15.0 Å². The van der Waals surface area contributed by atoms with E-state index in [1.54, 1.807) is 0 Å². The highest BCUT2D eigenvalue weighted by atomic mass is 16.5. The molecular weight excluding hydrogens is 212 g/mol. The van der Waals surface area contributed by atoms with Crippen molar-refractivity contribution in [2.75, 3.05) is 33.4 Å². The Labute approximate surface area is 107 Å². The van der Waals surface area contributed by atoms with Crippen molar-refractivity contribution in [3.8, 4) is 0 Å². The smallest absolute Gasteiger partial charge is 0.0491 e. The molecule has 3 nitrogen and oxygen atoms in total. The van der Waals surface area contributed by atoms with E-state index < -0.39 is 0 Å². The maximum atomic E-state index is 5.25. The van der Waals surface area contributed by atoms with E-state index in [9.17, 15) is 0 Å². The quantitative estimate of drug-likeness (QED) is 0.740. The number of likely N-dealkylation sites (tertiary alicyclic amines) is 1. The minimum Gasteiger partial charge on any atom is -0.384 e. The molecule has 0 spiro atoms. The van der Waals surface area contributed by atoms with Crippen molar-refractivity contribution >= 4 is 0 Å². The zero-order valence-electron chi connectivity index (χ0n) is 12.0. The van der Waals surface area contributed by atoms with Gasteiger partial charge in [-0.2, -0.15) is 0 Å². The van der Waals surface area contributed by atoms with Gasteiger partial charge in [0.15, 0.2) is 0 Å². The van der Waals surface area contributed by atoms with Crippen LogP contribution in [-0.4, -0.2) is 50.3 Å². The van der Waals surface area contributed by atoms with Gasteiger partial charge in [-0.25, -0.2) is 0 Å². The molecule has 0 amide bonds. The molecule has 102 valence electrons. The van der Waals surface area contributed by atoms with Crippen molar-refractivity contribution < 1.29 is 4.74 Å². The van der Waals surface area contributed by atoms with Crippen molar-refractivity contribution in [1.82, 2.24) is 10.2 Å². The summed E-state index contributed by atoms with van der Waals surface area (Å²) < 4.78 is 5.25. The van der Waals surface area contributed by atoms with Crippen LogP contribution in [0.2, 0.25) is 0 Å². The molecule has 0 saturated carbocycles. The lowest BCUT2D eigenvalue weighted by atomic mass is 9.95. The highest BCUT2D eigenvalue weighted by molar-refractivity contribution is 4.78. The monoisotopic (exact) mass is 242 g/mol. The fraction of sp³-hybridized carbons (Fsp3) is 1.00. The first-order valence-corrected chi connectivity index (χ1v) is 7.13. The number of rotatable bonds is 7. The van der Waals surface area contributed by atoms with Crippen molar-refractivity contribution in [3.63, 3.8) is 0 Å². The van der Waals surface area contributed by atoms with Crippen LogP contribution in [0.15, 0.2) is 0 Å². The summed E-state index contributed by atoms with van der Waals surface area (Å²) in [7, 11) is 1.81. The van der Waals surface area contributed by atoms with E-state index in [2.05, 4.69) is 31.0 Å². The van der Waals surface area contributed by atoms with E-state index in [1.165, 1.54) is 32.4 Å². The molecule has 0 aromatic rings. The molecule has 1 fully saturated rings. The molecule has 3 heteroatoms. The molecule has 2 unspecified atom stereocenters. The van der Waals surface area contributed by atoms with Gasteiger partial charge in [-0.3, -0.25) is 0 Å². The Morgan fingerprint density at radius 2 is 1.94 bits per heavy atom. The second-order valence-corrected chi connectivity index (χ2v) is 5.48. The minimum atomic E-state index is 0.631. The van der Waals surface area contributed by atoms with Gasteiger partial charge in [0.2, 0.25) is 0 Å². The third kappa shape index (κ3) is 5.36. The average molecular weight is 242 g/mol. The van der Waals surface area contributed by atoms with Gasteiger partial charge >= 0.3 is 0 Å². The van der Waals surface area contributed by atoms with Crippen LogP contribution in [0.3, 0.4) is 0 Å². The number of methoxy groups -OCH3 is 1. The van der Waals surface area contributed by atoms with Gasteiger partial charge in [0.25, 0.3) is 0 Å². The number of nitrogens with one attached hydrogen (secondary N) is 1. The highest BCUT2D eigenvalue weighted by Crippen LogP contribution is 2.20. The summed E-state index contributed by atoms with van der Waals surface area (Å²) in [6, 6.07) is 1.33. The fourth-order valence-electron chi connectivity index (χ4n) is 2.89. The molecule has 17 heavy (non-hydrogen) atoms. The summed E-state index contributed by atoms with van der Waals surface area (Å²) in [6.45, 7) is 11.3. The predicted octanol–water partition coefficient (Wildman–Crippen LogP) is 2.12. The van der Waals surface area contributed by atoms with Gasteiger partial charge in [0, 0.05) is 25.8 Å². The number of hydrogen-bond donors (Lipinski definition) is 1. The Balaban J connectivity index is 2.23. The minimum absolute atomic E-state index is 0.631. The maximum absolute atomic E-state index is 5.25. The molecule has 1 saturated heterocycles. The third-order valence-corrected chi connectivity index (χ3v) is 3.92. The van der Waals surface area contributed by atoms with Crippen LogP contribution in [0.4, 0.5) is 0 Å². The first-order valence-electron chi connectivity index (χ1n) is 7.13. The highest BCUT2D eigenvalue weighted by Gasteiger charge is 2.23. The first-order chi connectivity index (χ1) is 8.17. The van der Waals surface area contributed by atoms with Crippen LogP contribution < -0.4 is 5.32 Å². The molecule has 1 aliphatic heterocycles. The second-order valence-electron chi connectivity index (χ2n) is 5.48. The molecule has 0 radical (unpaired) electrons. The van der Waals surface area contributed by atoms with E-state index in [4.69, 9.17) is 4.74 Å². The van der Waals surface area contributed by atoms with Gasteiger partial charge in [-0.1, -0.05) is 6.92 Å². The molecule has 2 atom stereocenters. The lowest BCUT2D eigenvalue weighted by Gasteiger charge is -2.36. The molecular formula is C14H30N2O. The standard InChI is InChI=1S/C14H30N2O/c1-5-15-12(2)10-13(3)16-8-6-14(7-9-16)11-17-4/h12-15H,5-11H2,1-4H3. The SMILES string of the molecule is CCNC(C)CC(C)N1CCC(COC)CC1. The van der Waals surface area contributed by atoms with Gasteiger partial charge in [0.05, 0.1) is 0 Å². The molecule has 0 bridgehead atoms. The maximum Gasteiger partial charge on any atom is 0.0491 e. The van der Waals surface area contributed by atoms with Crippen LogP contribution in [-0.2, 0) is 4.74 Å². The largest absolute Gasteiger partial charge is 0.384 e. The molecule has 0 aromatic heterocycles. The Bertz CT molecular complexity index is 191. The number of ether oxygens (including phenoxy) is 1. The zero-order valence-corrected chi connectivity index (χ0v) is 12.0. The number of nitrogens with zero attached hydrogens (tertiary/aromatic N) is 1. The average Bonchev–Trinajstić information content (AvgIpc) is 2.30. The van der Waals surface area contributed by atoms with E-state index in [-0.39, 0.29) is 0 Å². The second kappa shape index (κ2) is 8.06. The Hall–Kier alpha value is -0.120. The topological polar surface area (TPSA) is 24.5 Å². The van der Waals surface area contributed by atoms with Gasteiger partial charge in [0.1, 0.15) is 0 Å². The van der Waals surface area contributed by atoms with Crippen molar-refractivity contribution in [2.24, 2.45) is 5.92 Å². The molecule has 1 aliphatic rings. The Kier molecular flexibility index (Phi) is 7.09. The zero-order chi connectivity index (χ0) is 12.7. The predicted molar refractivity (Wildman–Crippen MR) is 73.4 cm³/mol. The molecule has 1 rings (SSSR count). The van der Waals surface area contributed by atoms with Crippen molar-refractivity contribution in [3.05, 3.63) is 0 Å². The van der Waals surface area contributed by atoms with Crippen molar-refractivity contribution in [1.29, 1.82) is 0 Å². The summed E-state index contributed by atoms with van der Waals surface area (Å²) in [5.41, 5.74) is 0. The van der Waals surface area contributed by atoms with Crippen LogP contribution in [0, 0.1) is 5.92 Å².